The topological polar surface area (TPSA) is 82.5 Å². The van der Waals surface area contributed by atoms with Crippen molar-refractivity contribution in [3.05, 3.63) is 70.1 Å². The molecule has 0 saturated carbocycles. The zero-order valence-electron chi connectivity index (χ0n) is 20.8. The summed E-state index contributed by atoms with van der Waals surface area (Å²) >= 11 is 0. The fourth-order valence-electron chi connectivity index (χ4n) is 4.22. The molecule has 1 N–H and O–H groups in total. The summed E-state index contributed by atoms with van der Waals surface area (Å²) in [6.45, 7) is 11.0. The van der Waals surface area contributed by atoms with Gasteiger partial charge in [-0.2, -0.15) is 5.10 Å². The van der Waals surface area contributed by atoms with E-state index in [1.165, 1.54) is 4.68 Å². The van der Waals surface area contributed by atoms with Gasteiger partial charge in [0, 0.05) is 25.0 Å². The van der Waals surface area contributed by atoms with Gasteiger partial charge in [-0.05, 0) is 57.4 Å². The third-order valence-corrected chi connectivity index (χ3v) is 5.99. The van der Waals surface area contributed by atoms with E-state index in [4.69, 9.17) is 9.47 Å². The molecule has 2 aromatic carbocycles. The van der Waals surface area contributed by atoms with Crippen LogP contribution in [0.4, 0.5) is 0 Å². The Hall–Kier alpha value is -3.19. The van der Waals surface area contributed by atoms with Gasteiger partial charge in [0.1, 0.15) is 17.5 Å². The Labute approximate surface area is 201 Å². The first-order valence-corrected chi connectivity index (χ1v) is 12.0. The van der Waals surface area contributed by atoms with E-state index in [-0.39, 0.29) is 17.6 Å². The maximum Gasteiger partial charge on any atom is 0.274 e. The number of aromatic nitrogens is 2. The Bertz CT molecular complexity index is 1190. The quantitative estimate of drug-likeness (QED) is 0.462. The largest absolute Gasteiger partial charge is 0.489 e. The zero-order valence-corrected chi connectivity index (χ0v) is 20.8. The summed E-state index contributed by atoms with van der Waals surface area (Å²) in [6.07, 6.45) is 2.51. The van der Waals surface area contributed by atoms with Crippen molar-refractivity contribution < 1.29 is 14.3 Å². The first-order valence-electron chi connectivity index (χ1n) is 12.0. The van der Waals surface area contributed by atoms with Gasteiger partial charge in [0.2, 0.25) is 0 Å². The fraction of sp³-hybridized carbons (Fsp3) is 0.444. The van der Waals surface area contributed by atoms with Crippen molar-refractivity contribution >= 4 is 16.7 Å². The minimum atomic E-state index is -0.893. The number of ether oxygens (including phenoxy) is 2. The first kappa shape index (κ1) is 25.4. The third-order valence-electron chi connectivity index (χ3n) is 5.99. The Kier molecular flexibility index (Phi) is 8.45. The van der Waals surface area contributed by atoms with Crippen molar-refractivity contribution in [2.24, 2.45) is 0 Å². The number of hydrogen-bond donors (Lipinski definition) is 1. The number of nitrogens with zero attached hydrogens (tertiary/aromatic N) is 2. The highest BCUT2D eigenvalue weighted by Crippen LogP contribution is 2.27. The molecule has 0 saturated heterocycles. The molecule has 1 heterocycles. The van der Waals surface area contributed by atoms with Gasteiger partial charge >= 0.3 is 0 Å². The molecule has 0 aliphatic rings. The van der Waals surface area contributed by atoms with Crippen molar-refractivity contribution in [3.8, 4) is 5.75 Å². The number of carbonyl (C=O) groups excluding carboxylic acids is 1. The molecular weight excluding hydrogens is 430 g/mol. The van der Waals surface area contributed by atoms with Crippen LogP contribution in [0, 0.1) is 6.92 Å². The van der Waals surface area contributed by atoms with Gasteiger partial charge < -0.3 is 14.8 Å². The van der Waals surface area contributed by atoms with E-state index in [0.717, 1.165) is 22.3 Å². The average Bonchev–Trinajstić information content (AvgIpc) is 2.82. The number of nitrogens with one attached hydrogen (secondary N) is 1. The van der Waals surface area contributed by atoms with Crippen LogP contribution in [0.25, 0.3) is 10.8 Å². The summed E-state index contributed by atoms with van der Waals surface area (Å²) in [6, 6.07) is 13.4. The minimum Gasteiger partial charge on any atom is -0.489 e. The first-order chi connectivity index (χ1) is 16.3. The Balaban J connectivity index is 1.74. The number of amides is 1. The molecule has 0 radical (unpaired) electrons. The predicted octanol–water partition coefficient (Wildman–Crippen LogP) is 4.04. The fourth-order valence-corrected chi connectivity index (χ4v) is 4.22. The highest BCUT2D eigenvalue weighted by Gasteiger charge is 2.37. The van der Waals surface area contributed by atoms with E-state index in [0.29, 0.717) is 37.9 Å². The summed E-state index contributed by atoms with van der Waals surface area (Å²) in [4.78, 5) is 25.5. The van der Waals surface area contributed by atoms with E-state index >= 15 is 0 Å². The number of hydrogen-bond acceptors (Lipinski definition) is 5. The molecule has 7 heteroatoms. The van der Waals surface area contributed by atoms with E-state index in [2.05, 4.69) is 10.4 Å². The van der Waals surface area contributed by atoms with Crippen molar-refractivity contribution in [1.29, 1.82) is 0 Å². The molecule has 0 spiro atoms. The number of aryl methyl sites for hydroxylation is 1. The summed E-state index contributed by atoms with van der Waals surface area (Å²) in [5.74, 6) is 0.654. The molecule has 7 nitrogen and oxygen atoms in total. The molecule has 0 aliphatic heterocycles. The van der Waals surface area contributed by atoms with Crippen LogP contribution in [0.2, 0.25) is 0 Å². The van der Waals surface area contributed by atoms with Crippen molar-refractivity contribution in [2.45, 2.75) is 65.7 Å². The van der Waals surface area contributed by atoms with Gasteiger partial charge in [0.05, 0.1) is 18.1 Å². The lowest BCUT2D eigenvalue weighted by atomic mass is 9.89. The van der Waals surface area contributed by atoms with Crippen LogP contribution in [0.5, 0.6) is 5.75 Å². The highest BCUT2D eigenvalue weighted by molar-refractivity contribution is 5.85. The van der Waals surface area contributed by atoms with Crippen LogP contribution in [0.15, 0.2) is 53.5 Å². The maximum absolute atomic E-state index is 12.8. The number of fused-ring (bicyclic) bond motifs is 1. The van der Waals surface area contributed by atoms with Crippen LogP contribution >= 0.6 is 0 Å². The summed E-state index contributed by atoms with van der Waals surface area (Å²) in [5, 5.41) is 8.68. The standard InChI is InChI=1S/C27H35N3O4/c1-6-27(33-8-3,26(32)28-7-2)16-21-13-14-24(19(4)15-21)34-20(5)18-30-25(31)23-12-10-9-11-22(23)17-29-30/h9-15,17,20H,6-8,16,18H2,1-5H3,(H,28,32). The molecule has 182 valence electrons. The Morgan fingerprint density at radius 1 is 1.18 bits per heavy atom. The number of carbonyl (C=O) groups is 1. The summed E-state index contributed by atoms with van der Waals surface area (Å²) in [5.41, 5.74) is 0.945. The third kappa shape index (κ3) is 5.65. The molecule has 0 aliphatic carbocycles. The minimum absolute atomic E-state index is 0.0840. The van der Waals surface area contributed by atoms with E-state index in [1.807, 2.05) is 77.1 Å². The van der Waals surface area contributed by atoms with E-state index < -0.39 is 5.60 Å². The van der Waals surface area contributed by atoms with Gasteiger partial charge in [0.15, 0.2) is 0 Å². The molecule has 1 aromatic heterocycles. The second-order valence-electron chi connectivity index (χ2n) is 8.56. The van der Waals surface area contributed by atoms with Crippen LogP contribution in [-0.4, -0.2) is 40.5 Å². The molecule has 2 unspecified atom stereocenters. The number of likely N-dealkylation sites (N-methyl/N-ethyl adjacent to an activating group) is 1. The Morgan fingerprint density at radius 2 is 1.94 bits per heavy atom. The molecule has 1 amide bonds. The van der Waals surface area contributed by atoms with Gasteiger partial charge in [-0.25, -0.2) is 4.68 Å². The van der Waals surface area contributed by atoms with Crippen LogP contribution in [0.1, 0.15) is 45.2 Å². The normalized spacial score (nSPS) is 13.9. The summed E-state index contributed by atoms with van der Waals surface area (Å²) < 4.78 is 13.6. The number of rotatable bonds is 11. The SMILES string of the molecule is CCNC(=O)C(CC)(Cc1ccc(OC(C)Cn2ncc3ccccc3c2=O)c(C)c1)OCC. The summed E-state index contributed by atoms with van der Waals surface area (Å²) in [7, 11) is 0. The average molecular weight is 466 g/mol. The smallest absolute Gasteiger partial charge is 0.274 e. The van der Waals surface area contributed by atoms with Crippen molar-refractivity contribution in [1.82, 2.24) is 15.1 Å². The van der Waals surface area contributed by atoms with Gasteiger partial charge in [-0.1, -0.05) is 37.3 Å². The van der Waals surface area contributed by atoms with Crippen LogP contribution in [-0.2, 0) is 22.5 Å². The molecule has 34 heavy (non-hydrogen) atoms. The van der Waals surface area contributed by atoms with Gasteiger partial charge in [-0.3, -0.25) is 9.59 Å². The second-order valence-corrected chi connectivity index (χ2v) is 8.56. The maximum atomic E-state index is 12.8. The molecular formula is C27H35N3O4. The monoisotopic (exact) mass is 465 g/mol. The van der Waals surface area contributed by atoms with Crippen LogP contribution in [0.3, 0.4) is 0 Å². The van der Waals surface area contributed by atoms with Gasteiger partial charge in [0.25, 0.3) is 11.5 Å². The molecule has 0 bridgehead atoms. The molecule has 3 rings (SSSR count). The van der Waals surface area contributed by atoms with E-state index in [1.54, 1.807) is 6.20 Å². The molecule has 3 aromatic rings. The molecule has 0 fully saturated rings. The lowest BCUT2D eigenvalue weighted by Gasteiger charge is -2.31. The predicted molar refractivity (Wildman–Crippen MR) is 134 cm³/mol. The van der Waals surface area contributed by atoms with Crippen molar-refractivity contribution in [3.63, 3.8) is 0 Å². The Morgan fingerprint density at radius 3 is 2.62 bits per heavy atom. The van der Waals surface area contributed by atoms with Crippen molar-refractivity contribution in [2.75, 3.05) is 13.2 Å². The van der Waals surface area contributed by atoms with Crippen LogP contribution < -0.4 is 15.6 Å². The number of benzene rings is 2. The lowest BCUT2D eigenvalue weighted by Crippen LogP contribution is -2.50. The second kappa shape index (κ2) is 11.3. The lowest BCUT2D eigenvalue weighted by molar-refractivity contribution is -0.147. The molecule has 2 atom stereocenters. The highest BCUT2D eigenvalue weighted by atomic mass is 16.5. The van der Waals surface area contributed by atoms with E-state index in [9.17, 15) is 9.59 Å². The zero-order chi connectivity index (χ0) is 24.7. The van der Waals surface area contributed by atoms with Gasteiger partial charge in [-0.15, -0.1) is 0 Å².